The summed E-state index contributed by atoms with van der Waals surface area (Å²) in [5.74, 6) is -0.722. The van der Waals surface area contributed by atoms with Crippen molar-refractivity contribution in [2.75, 3.05) is 17.2 Å². The van der Waals surface area contributed by atoms with Gasteiger partial charge in [-0.25, -0.2) is 9.18 Å². The molecule has 0 spiro atoms. The Hall–Kier alpha value is -2.89. The lowest BCUT2D eigenvalue weighted by Crippen LogP contribution is -2.45. The predicted octanol–water partition coefficient (Wildman–Crippen LogP) is 3.77. The Balaban J connectivity index is 1.65. The maximum Gasteiger partial charge on any atom is 0.322 e. The lowest BCUT2D eigenvalue weighted by Gasteiger charge is -2.24. The normalized spacial score (nSPS) is 16.6. The molecule has 1 unspecified atom stereocenters. The van der Waals surface area contributed by atoms with Crippen LogP contribution in [0.3, 0.4) is 0 Å². The van der Waals surface area contributed by atoms with Crippen LogP contribution in [0.15, 0.2) is 48.5 Å². The van der Waals surface area contributed by atoms with Crippen LogP contribution in [0.1, 0.15) is 18.4 Å². The quantitative estimate of drug-likeness (QED) is 0.893. The number of hydrogen-bond acceptors (Lipinski definition) is 2. The van der Waals surface area contributed by atoms with Crippen LogP contribution in [-0.4, -0.2) is 29.4 Å². The van der Waals surface area contributed by atoms with E-state index in [0.29, 0.717) is 24.3 Å². The number of hydrogen-bond donors (Lipinski definition) is 2. The first-order chi connectivity index (χ1) is 12.0. The summed E-state index contributed by atoms with van der Waals surface area (Å²) in [7, 11) is 0. The minimum atomic E-state index is -0.561. The molecule has 25 heavy (non-hydrogen) atoms. The minimum Gasteiger partial charge on any atom is -0.324 e. The van der Waals surface area contributed by atoms with Crippen LogP contribution in [0.25, 0.3) is 0 Å². The summed E-state index contributed by atoms with van der Waals surface area (Å²) in [6.07, 6.45) is 1.34. The maximum absolute atomic E-state index is 13.2. The van der Waals surface area contributed by atoms with Crippen LogP contribution in [-0.2, 0) is 4.79 Å². The lowest BCUT2D eigenvalue weighted by molar-refractivity contribution is -0.119. The number of halogens is 1. The monoisotopic (exact) mass is 341 g/mol. The molecule has 0 aromatic heterocycles. The van der Waals surface area contributed by atoms with Crippen LogP contribution in [0.5, 0.6) is 0 Å². The van der Waals surface area contributed by atoms with Crippen molar-refractivity contribution >= 4 is 23.3 Å². The highest BCUT2D eigenvalue weighted by Gasteiger charge is 2.34. The number of aryl methyl sites for hydroxylation is 1. The van der Waals surface area contributed by atoms with E-state index in [1.807, 2.05) is 31.2 Å². The van der Waals surface area contributed by atoms with Crippen molar-refractivity contribution in [3.05, 3.63) is 59.9 Å². The molecule has 0 radical (unpaired) electrons. The number of rotatable bonds is 3. The smallest absolute Gasteiger partial charge is 0.322 e. The number of benzene rings is 2. The van der Waals surface area contributed by atoms with Gasteiger partial charge < -0.3 is 15.5 Å². The van der Waals surface area contributed by atoms with Gasteiger partial charge in [-0.15, -0.1) is 0 Å². The van der Waals surface area contributed by atoms with Crippen LogP contribution < -0.4 is 10.6 Å². The molecular formula is C19H20FN3O2. The van der Waals surface area contributed by atoms with Crippen molar-refractivity contribution in [3.63, 3.8) is 0 Å². The molecule has 6 heteroatoms. The van der Waals surface area contributed by atoms with E-state index >= 15 is 0 Å². The first-order valence-electron chi connectivity index (χ1n) is 8.23. The summed E-state index contributed by atoms with van der Waals surface area (Å²) in [6, 6.07) is 12.3. The van der Waals surface area contributed by atoms with Gasteiger partial charge in [0.1, 0.15) is 11.9 Å². The molecule has 1 saturated heterocycles. The number of likely N-dealkylation sites (tertiary alicyclic amines) is 1. The Morgan fingerprint density at radius 1 is 1.08 bits per heavy atom. The molecule has 2 N–H and O–H groups in total. The topological polar surface area (TPSA) is 61.4 Å². The Morgan fingerprint density at radius 3 is 2.56 bits per heavy atom. The Kier molecular flexibility index (Phi) is 4.97. The zero-order chi connectivity index (χ0) is 17.8. The average molecular weight is 341 g/mol. The van der Waals surface area contributed by atoms with E-state index < -0.39 is 11.9 Å². The third-order valence-corrected chi connectivity index (χ3v) is 4.21. The Bertz CT molecular complexity index is 776. The van der Waals surface area contributed by atoms with Gasteiger partial charge in [-0.3, -0.25) is 4.79 Å². The summed E-state index contributed by atoms with van der Waals surface area (Å²) in [4.78, 5) is 26.5. The summed E-state index contributed by atoms with van der Waals surface area (Å²) < 4.78 is 13.2. The number of anilines is 2. The highest BCUT2D eigenvalue weighted by atomic mass is 19.1. The predicted molar refractivity (Wildman–Crippen MR) is 95.0 cm³/mol. The molecule has 3 rings (SSSR count). The highest BCUT2D eigenvalue weighted by molar-refractivity contribution is 5.99. The van der Waals surface area contributed by atoms with Gasteiger partial charge in [0.25, 0.3) is 0 Å². The molecule has 0 aliphatic carbocycles. The number of nitrogens with zero attached hydrogens (tertiary/aromatic N) is 1. The molecule has 1 fully saturated rings. The standard InChI is InChI=1S/C19H20FN3O2/c1-13-7-9-15(10-8-13)22-19(25)23-11-3-6-17(23)18(24)21-16-5-2-4-14(20)12-16/h2,4-5,7-10,12,17H,3,6,11H2,1H3,(H,21,24)(H,22,25). The second kappa shape index (κ2) is 7.34. The Morgan fingerprint density at radius 2 is 1.84 bits per heavy atom. The number of amides is 3. The van der Waals surface area contributed by atoms with Crippen LogP contribution in [0.2, 0.25) is 0 Å². The molecule has 5 nitrogen and oxygen atoms in total. The van der Waals surface area contributed by atoms with Crippen LogP contribution in [0, 0.1) is 12.7 Å². The van der Waals surface area contributed by atoms with Crippen molar-refractivity contribution in [1.82, 2.24) is 4.90 Å². The zero-order valence-corrected chi connectivity index (χ0v) is 14.0. The third kappa shape index (κ3) is 4.15. The number of urea groups is 1. The molecule has 130 valence electrons. The summed E-state index contributed by atoms with van der Waals surface area (Å²) in [5, 5.41) is 5.50. The first kappa shape index (κ1) is 17.0. The molecule has 3 amide bonds. The molecule has 1 aliphatic rings. The summed E-state index contributed by atoms with van der Waals surface area (Å²) >= 11 is 0. The van der Waals surface area contributed by atoms with E-state index in [9.17, 15) is 14.0 Å². The fourth-order valence-corrected chi connectivity index (χ4v) is 2.91. The van der Waals surface area contributed by atoms with Gasteiger partial charge in [0.15, 0.2) is 0 Å². The lowest BCUT2D eigenvalue weighted by atomic mass is 10.2. The highest BCUT2D eigenvalue weighted by Crippen LogP contribution is 2.21. The van der Waals surface area contributed by atoms with E-state index in [0.717, 1.165) is 12.0 Å². The molecule has 1 heterocycles. The molecule has 2 aromatic carbocycles. The Labute approximate surface area is 145 Å². The molecule has 0 saturated carbocycles. The first-order valence-corrected chi connectivity index (χ1v) is 8.23. The fourth-order valence-electron chi connectivity index (χ4n) is 2.91. The van der Waals surface area contributed by atoms with Crippen molar-refractivity contribution < 1.29 is 14.0 Å². The minimum absolute atomic E-state index is 0.304. The number of nitrogens with one attached hydrogen (secondary N) is 2. The third-order valence-electron chi connectivity index (χ3n) is 4.21. The average Bonchev–Trinajstić information content (AvgIpc) is 3.07. The second-order valence-electron chi connectivity index (χ2n) is 6.15. The largest absolute Gasteiger partial charge is 0.324 e. The van der Waals surface area contributed by atoms with Crippen molar-refractivity contribution in [1.29, 1.82) is 0 Å². The van der Waals surface area contributed by atoms with Crippen molar-refractivity contribution in [2.24, 2.45) is 0 Å². The van der Waals surface area contributed by atoms with E-state index in [-0.39, 0.29) is 11.9 Å². The van der Waals surface area contributed by atoms with Crippen molar-refractivity contribution in [2.45, 2.75) is 25.8 Å². The van der Waals surface area contributed by atoms with E-state index in [1.54, 1.807) is 6.07 Å². The molecule has 1 aliphatic heterocycles. The van der Waals surface area contributed by atoms with E-state index in [2.05, 4.69) is 10.6 Å². The van der Waals surface area contributed by atoms with E-state index in [1.165, 1.54) is 23.1 Å². The van der Waals surface area contributed by atoms with Gasteiger partial charge in [-0.1, -0.05) is 23.8 Å². The fraction of sp³-hybridized carbons (Fsp3) is 0.263. The summed E-state index contributed by atoms with van der Waals surface area (Å²) in [5.41, 5.74) is 2.18. The van der Waals surface area contributed by atoms with Gasteiger partial charge in [-0.05, 0) is 50.1 Å². The van der Waals surface area contributed by atoms with Gasteiger partial charge in [0, 0.05) is 17.9 Å². The van der Waals surface area contributed by atoms with Gasteiger partial charge in [0.05, 0.1) is 0 Å². The van der Waals surface area contributed by atoms with Gasteiger partial charge in [-0.2, -0.15) is 0 Å². The SMILES string of the molecule is Cc1ccc(NC(=O)N2CCCC2C(=O)Nc2cccc(F)c2)cc1. The molecule has 0 bridgehead atoms. The molecule has 1 atom stereocenters. The second-order valence-corrected chi connectivity index (χ2v) is 6.15. The summed E-state index contributed by atoms with van der Waals surface area (Å²) in [6.45, 7) is 2.48. The molecule has 2 aromatic rings. The van der Waals surface area contributed by atoms with E-state index in [4.69, 9.17) is 0 Å². The van der Waals surface area contributed by atoms with Gasteiger partial charge >= 0.3 is 6.03 Å². The zero-order valence-electron chi connectivity index (χ0n) is 14.0. The number of carbonyl (C=O) groups excluding carboxylic acids is 2. The molecular weight excluding hydrogens is 321 g/mol. The van der Waals surface area contributed by atoms with Crippen LogP contribution >= 0.6 is 0 Å². The van der Waals surface area contributed by atoms with Crippen molar-refractivity contribution in [3.8, 4) is 0 Å². The maximum atomic E-state index is 13.2. The van der Waals surface area contributed by atoms with Gasteiger partial charge in [0.2, 0.25) is 5.91 Å². The van der Waals surface area contributed by atoms with Crippen LogP contribution in [0.4, 0.5) is 20.6 Å². The number of carbonyl (C=O) groups is 2.